The maximum absolute atomic E-state index is 12.8. The fourth-order valence-electron chi connectivity index (χ4n) is 3.63. The van der Waals surface area contributed by atoms with E-state index in [4.69, 9.17) is 4.74 Å². The Labute approximate surface area is 177 Å². The molecule has 3 N–H and O–H groups in total. The van der Waals surface area contributed by atoms with E-state index in [-0.39, 0.29) is 17.2 Å². The highest BCUT2D eigenvalue weighted by Crippen LogP contribution is 2.28. The lowest BCUT2D eigenvalue weighted by molar-refractivity contribution is 0.102. The molecule has 4 heterocycles. The van der Waals surface area contributed by atoms with Crippen molar-refractivity contribution in [1.82, 2.24) is 20.2 Å². The van der Waals surface area contributed by atoms with Crippen molar-refractivity contribution < 1.29 is 9.53 Å². The molecule has 1 aliphatic rings. The highest BCUT2D eigenvalue weighted by molar-refractivity contribution is 6.11. The number of amides is 1. The number of carbonyl (C=O) groups excluding carboxylic acids is 1. The Morgan fingerprint density at radius 1 is 1.06 bits per heavy atom. The van der Waals surface area contributed by atoms with E-state index < -0.39 is 0 Å². The standard InChI is InChI=1S/C22H20N6O3/c29-20-4-2-16(12-24-20)25-22(30)21-18-10-14(1-3-19(18)26-27-21)15-9-17(13-23-11-15)28-5-7-31-8-6-28/h1-4,9-13H,5-8H2,(H,24,29)(H,25,30)(H,26,27). The van der Waals surface area contributed by atoms with Crippen LogP contribution in [0.1, 0.15) is 10.5 Å². The van der Waals surface area contributed by atoms with Gasteiger partial charge in [0.2, 0.25) is 5.56 Å². The highest BCUT2D eigenvalue weighted by atomic mass is 16.5. The van der Waals surface area contributed by atoms with Crippen LogP contribution >= 0.6 is 0 Å². The molecule has 3 aromatic heterocycles. The first-order chi connectivity index (χ1) is 15.2. The minimum atomic E-state index is -0.365. The van der Waals surface area contributed by atoms with Crippen LogP contribution in [-0.4, -0.2) is 52.4 Å². The molecule has 1 saturated heterocycles. The average molecular weight is 416 g/mol. The molecule has 0 radical (unpaired) electrons. The normalized spacial score (nSPS) is 14.0. The molecule has 0 aliphatic carbocycles. The van der Waals surface area contributed by atoms with E-state index in [9.17, 15) is 9.59 Å². The monoisotopic (exact) mass is 416 g/mol. The number of hydrogen-bond donors (Lipinski definition) is 3. The van der Waals surface area contributed by atoms with Crippen LogP contribution in [0.25, 0.3) is 22.0 Å². The molecule has 9 heteroatoms. The molecule has 1 aliphatic heterocycles. The van der Waals surface area contributed by atoms with Gasteiger partial charge in [-0.3, -0.25) is 19.7 Å². The maximum Gasteiger partial charge on any atom is 0.276 e. The van der Waals surface area contributed by atoms with E-state index in [1.165, 1.54) is 12.3 Å². The number of nitrogens with zero attached hydrogens (tertiary/aromatic N) is 3. The second-order valence-electron chi connectivity index (χ2n) is 7.26. The fourth-order valence-corrected chi connectivity index (χ4v) is 3.63. The van der Waals surface area contributed by atoms with Crippen LogP contribution < -0.4 is 15.8 Å². The third kappa shape index (κ3) is 3.90. The van der Waals surface area contributed by atoms with Gasteiger partial charge in [-0.1, -0.05) is 6.07 Å². The van der Waals surface area contributed by atoms with Crippen molar-refractivity contribution in [3.05, 3.63) is 71.0 Å². The van der Waals surface area contributed by atoms with Crippen molar-refractivity contribution in [3.63, 3.8) is 0 Å². The van der Waals surface area contributed by atoms with E-state index in [1.807, 2.05) is 30.6 Å². The summed E-state index contributed by atoms with van der Waals surface area (Å²) >= 11 is 0. The van der Waals surface area contributed by atoms with E-state index in [2.05, 4.69) is 36.4 Å². The molecular formula is C22H20N6O3. The Kier molecular flexibility index (Phi) is 4.93. The molecule has 0 atom stereocenters. The summed E-state index contributed by atoms with van der Waals surface area (Å²) < 4.78 is 5.43. The van der Waals surface area contributed by atoms with Gasteiger partial charge in [0.05, 0.1) is 36.3 Å². The fraction of sp³-hybridized carbons (Fsp3) is 0.182. The summed E-state index contributed by atoms with van der Waals surface area (Å²) in [5.41, 5.74) is 4.23. The maximum atomic E-state index is 12.8. The molecule has 0 unspecified atom stereocenters. The van der Waals surface area contributed by atoms with Gasteiger partial charge in [0.15, 0.2) is 5.69 Å². The van der Waals surface area contributed by atoms with Gasteiger partial charge in [-0.2, -0.15) is 5.10 Å². The molecule has 1 fully saturated rings. The van der Waals surface area contributed by atoms with Crippen LogP contribution in [0.3, 0.4) is 0 Å². The number of carbonyl (C=O) groups is 1. The van der Waals surface area contributed by atoms with E-state index in [1.54, 1.807) is 6.07 Å². The van der Waals surface area contributed by atoms with E-state index in [0.29, 0.717) is 24.3 Å². The first-order valence-electron chi connectivity index (χ1n) is 9.94. The number of ether oxygens (including phenoxy) is 1. The van der Waals surface area contributed by atoms with Crippen LogP contribution in [0.15, 0.2) is 59.8 Å². The second kappa shape index (κ2) is 8.04. The van der Waals surface area contributed by atoms with Gasteiger partial charge in [0, 0.05) is 42.5 Å². The number of morpholine rings is 1. The predicted molar refractivity (Wildman–Crippen MR) is 117 cm³/mol. The zero-order valence-electron chi connectivity index (χ0n) is 16.6. The molecule has 0 spiro atoms. The van der Waals surface area contributed by atoms with Crippen molar-refractivity contribution in [1.29, 1.82) is 0 Å². The Balaban J connectivity index is 1.45. The third-order valence-electron chi connectivity index (χ3n) is 5.25. The van der Waals surface area contributed by atoms with E-state index in [0.717, 1.165) is 35.4 Å². The van der Waals surface area contributed by atoms with Gasteiger partial charge in [0.25, 0.3) is 5.91 Å². The van der Waals surface area contributed by atoms with Gasteiger partial charge in [0.1, 0.15) is 0 Å². The SMILES string of the molecule is O=C(Nc1ccc(=O)[nH]c1)c1n[nH]c2ccc(-c3cncc(N4CCOCC4)c3)cc12. The molecule has 1 amide bonds. The van der Waals surface area contributed by atoms with Crippen LogP contribution in [0.2, 0.25) is 0 Å². The highest BCUT2D eigenvalue weighted by Gasteiger charge is 2.16. The number of fused-ring (bicyclic) bond motifs is 1. The van der Waals surface area contributed by atoms with Gasteiger partial charge < -0.3 is 19.9 Å². The molecule has 156 valence electrons. The minimum absolute atomic E-state index is 0.235. The average Bonchev–Trinajstić information content (AvgIpc) is 3.25. The van der Waals surface area contributed by atoms with Crippen molar-refractivity contribution in [2.45, 2.75) is 0 Å². The number of hydrogen-bond acceptors (Lipinski definition) is 6. The number of pyridine rings is 2. The Hall–Kier alpha value is -3.98. The molecule has 31 heavy (non-hydrogen) atoms. The minimum Gasteiger partial charge on any atom is -0.378 e. The molecular weight excluding hydrogens is 396 g/mol. The quantitative estimate of drug-likeness (QED) is 0.470. The van der Waals surface area contributed by atoms with Gasteiger partial charge in [-0.05, 0) is 29.8 Å². The Morgan fingerprint density at radius 2 is 1.94 bits per heavy atom. The molecule has 1 aromatic carbocycles. The van der Waals surface area contributed by atoms with Gasteiger partial charge in [-0.25, -0.2) is 0 Å². The lowest BCUT2D eigenvalue weighted by Crippen LogP contribution is -2.36. The zero-order valence-corrected chi connectivity index (χ0v) is 16.6. The summed E-state index contributed by atoms with van der Waals surface area (Å²) in [5.74, 6) is -0.365. The molecule has 5 rings (SSSR count). The van der Waals surface area contributed by atoms with Gasteiger partial charge in [-0.15, -0.1) is 0 Å². The number of rotatable bonds is 4. The first-order valence-corrected chi connectivity index (χ1v) is 9.94. The topological polar surface area (TPSA) is 116 Å². The van der Waals surface area contributed by atoms with Crippen LogP contribution in [-0.2, 0) is 4.74 Å². The number of H-pyrrole nitrogens is 2. The number of aromatic amines is 2. The lowest BCUT2D eigenvalue weighted by Gasteiger charge is -2.28. The van der Waals surface area contributed by atoms with Crippen LogP contribution in [0.4, 0.5) is 11.4 Å². The molecule has 0 saturated carbocycles. The second-order valence-corrected chi connectivity index (χ2v) is 7.26. The number of nitrogens with one attached hydrogen (secondary N) is 3. The number of anilines is 2. The first kappa shape index (κ1) is 19.0. The van der Waals surface area contributed by atoms with Crippen molar-refractivity contribution in [2.24, 2.45) is 0 Å². The van der Waals surface area contributed by atoms with Gasteiger partial charge >= 0.3 is 0 Å². The van der Waals surface area contributed by atoms with Crippen molar-refractivity contribution in [3.8, 4) is 11.1 Å². The number of benzene rings is 1. The predicted octanol–water partition coefficient (Wildman–Crippen LogP) is 2.40. The van der Waals surface area contributed by atoms with E-state index >= 15 is 0 Å². The zero-order chi connectivity index (χ0) is 21.2. The molecule has 9 nitrogen and oxygen atoms in total. The van der Waals surface area contributed by atoms with Crippen molar-refractivity contribution in [2.75, 3.05) is 36.5 Å². The summed E-state index contributed by atoms with van der Waals surface area (Å²) in [5, 5.41) is 10.5. The lowest BCUT2D eigenvalue weighted by atomic mass is 10.0. The summed E-state index contributed by atoms with van der Waals surface area (Å²) in [6.45, 7) is 3.08. The van der Waals surface area contributed by atoms with Crippen molar-refractivity contribution >= 4 is 28.2 Å². The third-order valence-corrected chi connectivity index (χ3v) is 5.25. The summed E-state index contributed by atoms with van der Waals surface area (Å²) in [4.78, 5) is 33.2. The van der Waals surface area contributed by atoms with Crippen LogP contribution in [0, 0.1) is 0 Å². The largest absolute Gasteiger partial charge is 0.378 e. The smallest absolute Gasteiger partial charge is 0.276 e. The Bertz CT molecular complexity index is 1290. The molecule has 4 aromatic rings. The van der Waals surface area contributed by atoms with Crippen LogP contribution in [0.5, 0.6) is 0 Å². The summed E-state index contributed by atoms with van der Waals surface area (Å²) in [6.07, 6.45) is 5.11. The summed E-state index contributed by atoms with van der Waals surface area (Å²) in [6, 6.07) is 10.8. The molecule has 0 bridgehead atoms. The Morgan fingerprint density at radius 3 is 2.74 bits per heavy atom. The summed E-state index contributed by atoms with van der Waals surface area (Å²) in [7, 11) is 0. The number of aromatic nitrogens is 4.